The van der Waals surface area contributed by atoms with Crippen molar-refractivity contribution in [1.82, 2.24) is 9.88 Å². The first-order valence-electron chi connectivity index (χ1n) is 9.35. The van der Waals surface area contributed by atoms with Crippen LogP contribution < -0.4 is 10.6 Å². The van der Waals surface area contributed by atoms with Crippen LogP contribution in [0.3, 0.4) is 0 Å². The Morgan fingerprint density at radius 2 is 1.69 bits per heavy atom. The predicted octanol–water partition coefficient (Wildman–Crippen LogP) is 2.70. The summed E-state index contributed by atoms with van der Waals surface area (Å²) >= 11 is 0. The molecule has 1 aromatic heterocycles. The van der Waals surface area contributed by atoms with E-state index in [2.05, 4.69) is 65.0 Å². The lowest BCUT2D eigenvalue weighted by atomic mass is 10.0. The van der Waals surface area contributed by atoms with Gasteiger partial charge in [-0.2, -0.15) is 0 Å². The van der Waals surface area contributed by atoms with Gasteiger partial charge in [0.15, 0.2) is 0 Å². The van der Waals surface area contributed by atoms with Crippen molar-refractivity contribution in [3.05, 3.63) is 48.2 Å². The highest BCUT2D eigenvalue weighted by molar-refractivity contribution is 5.74. The minimum atomic E-state index is -0.261. The fourth-order valence-electron chi connectivity index (χ4n) is 3.34. The number of aromatic nitrogens is 1. The van der Waals surface area contributed by atoms with Gasteiger partial charge in [0.25, 0.3) is 0 Å². The van der Waals surface area contributed by atoms with Crippen molar-refractivity contribution in [2.75, 3.05) is 31.1 Å². The number of amides is 1. The Morgan fingerprint density at radius 1 is 1.04 bits per heavy atom. The van der Waals surface area contributed by atoms with Gasteiger partial charge in [0.2, 0.25) is 5.91 Å². The van der Waals surface area contributed by atoms with Crippen LogP contribution in [0, 0.1) is 0 Å². The fraction of sp³-hybridized carbons (Fsp3) is 0.429. The molecular formula is C21H28N4O. The van der Waals surface area contributed by atoms with E-state index < -0.39 is 0 Å². The third-order valence-electron chi connectivity index (χ3n) is 5.06. The quantitative estimate of drug-likeness (QED) is 0.868. The van der Waals surface area contributed by atoms with Crippen molar-refractivity contribution in [3.8, 4) is 11.1 Å². The first kappa shape index (κ1) is 18.4. The maximum Gasteiger partial charge on any atom is 0.217 e. The second kappa shape index (κ2) is 8.32. The Bertz CT molecular complexity index is 717. The number of nitrogens with zero attached hydrogens (tertiary/aromatic N) is 3. The van der Waals surface area contributed by atoms with E-state index in [9.17, 15) is 4.79 Å². The normalized spacial score (nSPS) is 15.4. The van der Waals surface area contributed by atoms with Gasteiger partial charge in [0, 0.05) is 50.4 Å². The van der Waals surface area contributed by atoms with Gasteiger partial charge in [-0.3, -0.25) is 9.69 Å². The Balaban J connectivity index is 1.62. The third kappa shape index (κ3) is 4.61. The summed E-state index contributed by atoms with van der Waals surface area (Å²) < 4.78 is 0. The van der Waals surface area contributed by atoms with Crippen molar-refractivity contribution in [2.45, 2.75) is 32.7 Å². The zero-order valence-electron chi connectivity index (χ0n) is 15.7. The molecule has 138 valence electrons. The van der Waals surface area contributed by atoms with Crippen LogP contribution in [0.4, 0.5) is 5.82 Å². The summed E-state index contributed by atoms with van der Waals surface area (Å²) in [5.74, 6) is 0.790. The van der Waals surface area contributed by atoms with Gasteiger partial charge in [0.1, 0.15) is 5.82 Å². The van der Waals surface area contributed by atoms with Crippen LogP contribution in [-0.4, -0.2) is 48.0 Å². The van der Waals surface area contributed by atoms with E-state index in [0.29, 0.717) is 18.9 Å². The lowest BCUT2D eigenvalue weighted by Crippen LogP contribution is -2.49. The van der Waals surface area contributed by atoms with Crippen molar-refractivity contribution in [1.29, 1.82) is 0 Å². The minimum absolute atomic E-state index is 0.261. The van der Waals surface area contributed by atoms with Gasteiger partial charge in [-0.05, 0) is 43.5 Å². The molecule has 0 aliphatic carbocycles. The van der Waals surface area contributed by atoms with Crippen LogP contribution in [-0.2, 0) is 11.2 Å². The highest BCUT2D eigenvalue weighted by Gasteiger charge is 2.19. The summed E-state index contributed by atoms with van der Waals surface area (Å²) in [4.78, 5) is 20.4. The Hall–Kier alpha value is -2.40. The molecule has 2 N–H and O–H groups in total. The van der Waals surface area contributed by atoms with E-state index in [4.69, 9.17) is 5.73 Å². The van der Waals surface area contributed by atoms with Crippen LogP contribution in [0.5, 0.6) is 0 Å². The van der Waals surface area contributed by atoms with Crippen molar-refractivity contribution < 1.29 is 4.79 Å². The Kier molecular flexibility index (Phi) is 5.89. The molecule has 5 heteroatoms. The number of aryl methyl sites for hydroxylation is 1. The molecule has 0 bridgehead atoms. The molecule has 0 saturated carbocycles. The average Bonchev–Trinajstić information content (AvgIpc) is 2.67. The van der Waals surface area contributed by atoms with Crippen LogP contribution >= 0.6 is 0 Å². The van der Waals surface area contributed by atoms with E-state index in [0.717, 1.165) is 48.7 Å². The molecule has 0 radical (unpaired) electrons. The second-order valence-corrected chi connectivity index (χ2v) is 7.19. The molecule has 1 aromatic carbocycles. The number of benzene rings is 1. The molecule has 1 fully saturated rings. The summed E-state index contributed by atoms with van der Waals surface area (Å²) in [5, 5.41) is 0. The van der Waals surface area contributed by atoms with Crippen molar-refractivity contribution in [3.63, 3.8) is 0 Å². The topological polar surface area (TPSA) is 62.5 Å². The van der Waals surface area contributed by atoms with Crippen LogP contribution in [0.2, 0.25) is 0 Å². The molecule has 1 saturated heterocycles. The fourth-order valence-corrected chi connectivity index (χ4v) is 3.34. The number of hydrogen-bond acceptors (Lipinski definition) is 4. The summed E-state index contributed by atoms with van der Waals surface area (Å²) in [5.41, 5.74) is 8.57. The van der Waals surface area contributed by atoms with Crippen LogP contribution in [0.25, 0.3) is 11.1 Å². The number of nitrogens with two attached hydrogens (primary N) is 1. The van der Waals surface area contributed by atoms with Gasteiger partial charge in [0.05, 0.1) is 0 Å². The van der Waals surface area contributed by atoms with E-state index in [1.807, 2.05) is 6.20 Å². The Morgan fingerprint density at radius 3 is 2.23 bits per heavy atom. The predicted molar refractivity (Wildman–Crippen MR) is 106 cm³/mol. The molecule has 0 unspecified atom stereocenters. The maximum atomic E-state index is 10.9. The van der Waals surface area contributed by atoms with Crippen molar-refractivity contribution in [2.24, 2.45) is 5.73 Å². The number of rotatable bonds is 6. The number of piperazine rings is 1. The third-order valence-corrected chi connectivity index (χ3v) is 5.06. The minimum Gasteiger partial charge on any atom is -0.370 e. The van der Waals surface area contributed by atoms with Crippen LogP contribution in [0.1, 0.15) is 25.8 Å². The summed E-state index contributed by atoms with van der Waals surface area (Å²) in [6.45, 7) is 8.74. The molecule has 5 nitrogen and oxygen atoms in total. The molecule has 2 heterocycles. The molecule has 1 aliphatic heterocycles. The maximum absolute atomic E-state index is 10.9. The molecular weight excluding hydrogens is 324 g/mol. The van der Waals surface area contributed by atoms with E-state index in [-0.39, 0.29) is 5.91 Å². The molecule has 26 heavy (non-hydrogen) atoms. The number of primary amides is 1. The molecule has 1 amide bonds. The Labute approximate surface area is 155 Å². The highest BCUT2D eigenvalue weighted by atomic mass is 16.1. The van der Waals surface area contributed by atoms with E-state index in [1.54, 1.807) is 0 Å². The lowest BCUT2D eigenvalue weighted by molar-refractivity contribution is -0.117. The molecule has 0 spiro atoms. The van der Waals surface area contributed by atoms with Gasteiger partial charge in [-0.1, -0.05) is 24.3 Å². The summed E-state index contributed by atoms with van der Waals surface area (Å²) in [6.07, 6.45) is 3.03. The zero-order valence-corrected chi connectivity index (χ0v) is 15.7. The van der Waals surface area contributed by atoms with Crippen molar-refractivity contribution >= 4 is 11.7 Å². The molecule has 1 aliphatic rings. The second-order valence-electron chi connectivity index (χ2n) is 7.19. The smallest absolute Gasteiger partial charge is 0.217 e. The van der Waals surface area contributed by atoms with E-state index >= 15 is 0 Å². The number of carbonyl (C=O) groups is 1. The summed E-state index contributed by atoms with van der Waals surface area (Å²) in [7, 11) is 0. The first-order valence-corrected chi connectivity index (χ1v) is 9.35. The highest BCUT2D eigenvalue weighted by Crippen LogP contribution is 2.22. The number of anilines is 1. The van der Waals surface area contributed by atoms with Gasteiger partial charge >= 0.3 is 0 Å². The molecule has 3 rings (SSSR count). The average molecular weight is 352 g/mol. The first-order chi connectivity index (χ1) is 12.5. The number of hydrogen-bond donors (Lipinski definition) is 1. The molecule has 0 atom stereocenters. The zero-order chi connectivity index (χ0) is 18.5. The van der Waals surface area contributed by atoms with E-state index in [1.165, 1.54) is 0 Å². The number of carbonyl (C=O) groups excluding carboxylic acids is 1. The summed E-state index contributed by atoms with van der Waals surface area (Å²) in [6, 6.07) is 13.1. The van der Waals surface area contributed by atoms with Gasteiger partial charge in [-0.25, -0.2) is 4.98 Å². The number of pyridine rings is 1. The SMILES string of the molecule is CC(C)N1CCN(c2ccc(-c3ccc(CCC(N)=O)cc3)cn2)CC1. The molecule has 2 aromatic rings. The van der Waals surface area contributed by atoms with Gasteiger partial charge < -0.3 is 10.6 Å². The monoisotopic (exact) mass is 352 g/mol. The van der Waals surface area contributed by atoms with Gasteiger partial charge in [-0.15, -0.1) is 0 Å². The largest absolute Gasteiger partial charge is 0.370 e. The lowest BCUT2D eigenvalue weighted by Gasteiger charge is -2.37. The standard InChI is InChI=1S/C21H28N4O/c1-16(2)24-11-13-25(14-12-24)21-10-8-19(15-23-21)18-6-3-17(4-7-18)5-9-20(22)26/h3-4,6-8,10,15-16H,5,9,11-14H2,1-2H3,(H2,22,26). The van der Waals surface area contributed by atoms with Crippen LogP contribution in [0.15, 0.2) is 42.6 Å².